The van der Waals surface area contributed by atoms with Crippen molar-refractivity contribution in [3.8, 4) is 0 Å². The molecular weight excluding hydrogens is 296 g/mol. The highest BCUT2D eigenvalue weighted by Crippen LogP contribution is 2.19. The molecule has 0 aliphatic rings. The van der Waals surface area contributed by atoms with Crippen LogP contribution in [0.2, 0.25) is 0 Å². The van der Waals surface area contributed by atoms with Gasteiger partial charge in [-0.1, -0.05) is 28.1 Å². The van der Waals surface area contributed by atoms with Gasteiger partial charge < -0.3 is 15.9 Å². The molecular formula is C13H21BrN2O2. The minimum absolute atomic E-state index is 0.0256. The molecule has 0 spiro atoms. The summed E-state index contributed by atoms with van der Waals surface area (Å²) in [6.07, 6.45) is 0.802. The van der Waals surface area contributed by atoms with E-state index < -0.39 is 0 Å². The Bertz CT molecular complexity index is 344. The summed E-state index contributed by atoms with van der Waals surface area (Å²) < 4.78 is 1.03. The van der Waals surface area contributed by atoms with Crippen LogP contribution in [0.4, 0.5) is 0 Å². The number of nitrogens with zero attached hydrogens (tertiary/aromatic N) is 1. The monoisotopic (exact) mass is 316 g/mol. The van der Waals surface area contributed by atoms with Crippen molar-refractivity contribution >= 4 is 15.9 Å². The zero-order chi connectivity index (χ0) is 13.4. The first-order valence-corrected chi connectivity index (χ1v) is 6.91. The lowest BCUT2D eigenvalue weighted by Gasteiger charge is -2.22. The number of hydrogen-bond acceptors (Lipinski definition) is 4. The lowest BCUT2D eigenvalue weighted by molar-refractivity contribution is 0.157. The summed E-state index contributed by atoms with van der Waals surface area (Å²) in [5.74, 6) is 0. The third-order valence-corrected chi connectivity index (χ3v) is 3.36. The molecule has 0 aliphatic carbocycles. The molecule has 0 fully saturated rings. The summed E-state index contributed by atoms with van der Waals surface area (Å²) in [4.78, 5) is 2.01. The van der Waals surface area contributed by atoms with Gasteiger partial charge in [0.05, 0.1) is 13.2 Å². The van der Waals surface area contributed by atoms with Crippen LogP contribution in [-0.4, -0.2) is 48.0 Å². The summed E-state index contributed by atoms with van der Waals surface area (Å²) in [6.45, 7) is 2.13. The van der Waals surface area contributed by atoms with Crippen LogP contribution in [0.15, 0.2) is 28.7 Å². The van der Waals surface area contributed by atoms with Crippen LogP contribution in [0.3, 0.4) is 0 Å². The van der Waals surface area contributed by atoms with Gasteiger partial charge in [0.15, 0.2) is 0 Å². The smallest absolute Gasteiger partial charge is 0.0558 e. The van der Waals surface area contributed by atoms with Gasteiger partial charge in [-0.2, -0.15) is 0 Å². The third-order valence-electron chi connectivity index (χ3n) is 2.87. The number of aliphatic hydroxyl groups excluding tert-OH is 2. The van der Waals surface area contributed by atoms with Gasteiger partial charge in [-0.3, -0.25) is 4.90 Å². The second-order valence-corrected chi connectivity index (χ2v) is 5.15. The fourth-order valence-corrected chi connectivity index (χ4v) is 2.26. The molecule has 1 aromatic rings. The van der Waals surface area contributed by atoms with Crippen molar-refractivity contribution in [1.29, 1.82) is 0 Å². The molecule has 102 valence electrons. The minimum Gasteiger partial charge on any atom is -0.395 e. The van der Waals surface area contributed by atoms with Crippen molar-refractivity contribution in [3.63, 3.8) is 0 Å². The molecule has 0 aromatic heterocycles. The molecule has 4 N–H and O–H groups in total. The number of nitrogens with two attached hydrogens (primary N) is 1. The van der Waals surface area contributed by atoms with E-state index in [9.17, 15) is 0 Å². The van der Waals surface area contributed by atoms with Crippen molar-refractivity contribution in [2.75, 3.05) is 32.8 Å². The van der Waals surface area contributed by atoms with Crippen molar-refractivity contribution in [1.82, 2.24) is 4.90 Å². The molecule has 0 amide bonds. The van der Waals surface area contributed by atoms with Crippen LogP contribution in [-0.2, 0) is 0 Å². The van der Waals surface area contributed by atoms with E-state index in [0.717, 1.165) is 23.0 Å². The first-order chi connectivity index (χ1) is 8.67. The van der Waals surface area contributed by atoms with Gasteiger partial charge in [-0.05, 0) is 24.1 Å². The standard InChI is InChI=1S/C13H21BrN2O2/c14-12-3-1-2-11(10-12)13(15)4-5-16(6-8-17)7-9-18/h1-3,10,13,17-18H,4-9,15H2. The van der Waals surface area contributed by atoms with Crippen LogP contribution in [0.25, 0.3) is 0 Å². The van der Waals surface area contributed by atoms with E-state index in [1.54, 1.807) is 0 Å². The molecule has 0 radical (unpaired) electrons. The predicted molar refractivity (Wildman–Crippen MR) is 76.3 cm³/mol. The Morgan fingerprint density at radius 1 is 1.17 bits per heavy atom. The lowest BCUT2D eigenvalue weighted by Crippen LogP contribution is -2.32. The maximum Gasteiger partial charge on any atom is 0.0558 e. The summed E-state index contributed by atoms with van der Waals surface area (Å²) >= 11 is 3.43. The second-order valence-electron chi connectivity index (χ2n) is 4.24. The van der Waals surface area contributed by atoms with E-state index in [0.29, 0.717) is 13.1 Å². The highest BCUT2D eigenvalue weighted by atomic mass is 79.9. The average molecular weight is 317 g/mol. The zero-order valence-corrected chi connectivity index (χ0v) is 12.0. The van der Waals surface area contributed by atoms with Crippen molar-refractivity contribution in [3.05, 3.63) is 34.3 Å². The molecule has 4 nitrogen and oxygen atoms in total. The second kappa shape index (κ2) is 8.61. The maximum atomic E-state index is 8.92. The first kappa shape index (κ1) is 15.6. The molecule has 1 rings (SSSR count). The van der Waals surface area contributed by atoms with E-state index in [1.807, 2.05) is 29.2 Å². The van der Waals surface area contributed by atoms with Crippen LogP contribution < -0.4 is 5.73 Å². The Balaban J connectivity index is 2.46. The molecule has 0 saturated heterocycles. The largest absolute Gasteiger partial charge is 0.395 e. The molecule has 0 saturated carbocycles. The van der Waals surface area contributed by atoms with Gasteiger partial charge in [0, 0.05) is 30.1 Å². The molecule has 1 aromatic carbocycles. The first-order valence-electron chi connectivity index (χ1n) is 6.12. The number of aliphatic hydroxyl groups is 2. The summed E-state index contributed by atoms with van der Waals surface area (Å²) in [6, 6.07) is 7.95. The van der Waals surface area contributed by atoms with Crippen LogP contribution >= 0.6 is 15.9 Å². The van der Waals surface area contributed by atoms with Crippen molar-refractivity contribution in [2.24, 2.45) is 5.73 Å². The van der Waals surface area contributed by atoms with E-state index in [2.05, 4.69) is 15.9 Å². The van der Waals surface area contributed by atoms with Gasteiger partial charge >= 0.3 is 0 Å². The topological polar surface area (TPSA) is 69.7 Å². The van der Waals surface area contributed by atoms with E-state index in [-0.39, 0.29) is 19.3 Å². The molecule has 5 heteroatoms. The van der Waals surface area contributed by atoms with E-state index >= 15 is 0 Å². The Morgan fingerprint density at radius 3 is 2.39 bits per heavy atom. The van der Waals surface area contributed by atoms with Gasteiger partial charge in [0.25, 0.3) is 0 Å². The van der Waals surface area contributed by atoms with Crippen LogP contribution in [0.1, 0.15) is 18.0 Å². The van der Waals surface area contributed by atoms with Gasteiger partial charge in [0.2, 0.25) is 0 Å². The Labute approximate surface area is 117 Å². The van der Waals surface area contributed by atoms with Gasteiger partial charge in [-0.15, -0.1) is 0 Å². The number of benzene rings is 1. The minimum atomic E-state index is -0.0256. The molecule has 0 bridgehead atoms. The van der Waals surface area contributed by atoms with Gasteiger partial charge in [0.1, 0.15) is 0 Å². The van der Waals surface area contributed by atoms with Crippen LogP contribution in [0.5, 0.6) is 0 Å². The highest BCUT2D eigenvalue weighted by molar-refractivity contribution is 9.10. The SMILES string of the molecule is NC(CCN(CCO)CCO)c1cccc(Br)c1. The summed E-state index contributed by atoms with van der Waals surface area (Å²) in [5.41, 5.74) is 7.23. The summed E-state index contributed by atoms with van der Waals surface area (Å²) in [7, 11) is 0. The van der Waals surface area contributed by atoms with Crippen molar-refractivity contribution in [2.45, 2.75) is 12.5 Å². The number of rotatable bonds is 8. The zero-order valence-electron chi connectivity index (χ0n) is 10.4. The molecule has 1 unspecified atom stereocenters. The van der Waals surface area contributed by atoms with E-state index in [4.69, 9.17) is 15.9 Å². The van der Waals surface area contributed by atoms with Crippen molar-refractivity contribution < 1.29 is 10.2 Å². The summed E-state index contributed by atoms with van der Waals surface area (Å²) in [5, 5.41) is 17.8. The normalized spacial score (nSPS) is 12.9. The maximum absolute atomic E-state index is 8.92. The molecule has 0 aliphatic heterocycles. The Hall–Kier alpha value is -0.460. The number of hydrogen-bond donors (Lipinski definition) is 3. The van der Waals surface area contributed by atoms with Gasteiger partial charge in [-0.25, -0.2) is 0 Å². The fraction of sp³-hybridized carbons (Fsp3) is 0.538. The average Bonchev–Trinajstić information content (AvgIpc) is 2.36. The lowest BCUT2D eigenvalue weighted by atomic mass is 10.0. The van der Waals surface area contributed by atoms with Crippen LogP contribution in [0, 0.1) is 0 Å². The number of halogens is 1. The quantitative estimate of drug-likeness (QED) is 0.672. The third kappa shape index (κ3) is 5.46. The molecule has 1 atom stereocenters. The Morgan fingerprint density at radius 2 is 1.83 bits per heavy atom. The Kier molecular flexibility index (Phi) is 7.46. The van der Waals surface area contributed by atoms with E-state index in [1.165, 1.54) is 0 Å². The molecule has 0 heterocycles. The highest BCUT2D eigenvalue weighted by Gasteiger charge is 2.09. The predicted octanol–water partition coefficient (Wildman–Crippen LogP) is 1.13. The fourth-order valence-electron chi connectivity index (χ4n) is 1.84. The molecule has 18 heavy (non-hydrogen) atoms.